The number of benzene rings is 1. The third kappa shape index (κ3) is 1.44. The highest BCUT2D eigenvalue weighted by Crippen LogP contribution is 2.42. The molecule has 2 aromatic rings. The van der Waals surface area contributed by atoms with Crippen LogP contribution >= 0.6 is 33.9 Å². The van der Waals surface area contributed by atoms with E-state index in [1.165, 1.54) is 0 Å². The van der Waals surface area contributed by atoms with Gasteiger partial charge in [0.2, 0.25) is 0 Å². The number of hydrogen-bond donors (Lipinski definition) is 1. The molecule has 72 valence electrons. The Labute approximate surface area is 96.5 Å². The molecule has 0 radical (unpaired) electrons. The molecule has 2 rings (SSSR count). The predicted octanol–water partition coefficient (Wildman–Crippen LogP) is 3.12. The number of hydrogen-bond acceptors (Lipinski definition) is 4. The van der Waals surface area contributed by atoms with Gasteiger partial charge in [0.15, 0.2) is 0 Å². The smallest absolute Gasteiger partial charge is 0.330 e. The fraction of sp³-hybridized carbons (Fsp3) is 0. The molecule has 0 aliphatic carbocycles. The van der Waals surface area contributed by atoms with E-state index in [0.717, 1.165) is 19.6 Å². The number of nitro groups is 1. The van der Waals surface area contributed by atoms with Crippen molar-refractivity contribution in [3.05, 3.63) is 31.9 Å². The van der Waals surface area contributed by atoms with Gasteiger partial charge in [-0.2, -0.15) is 0 Å². The number of thiophene rings is 1. The zero-order valence-electron chi connectivity index (χ0n) is 6.73. The van der Waals surface area contributed by atoms with Gasteiger partial charge in [0.05, 0.1) is 10.3 Å². The van der Waals surface area contributed by atoms with Crippen molar-refractivity contribution in [2.75, 3.05) is 0 Å². The minimum Gasteiger partial charge on any atom is -0.495 e. The van der Waals surface area contributed by atoms with Gasteiger partial charge in [-0.15, -0.1) is 0 Å². The molecule has 1 aromatic carbocycles. The van der Waals surface area contributed by atoms with Crippen molar-refractivity contribution in [2.24, 2.45) is 0 Å². The maximum Gasteiger partial charge on any atom is 0.330 e. The Balaban J connectivity index is 2.86. The maximum atomic E-state index is 10.7. The molecule has 6 heteroatoms. The second-order valence-electron chi connectivity index (χ2n) is 2.65. The van der Waals surface area contributed by atoms with Crippen LogP contribution in [0.15, 0.2) is 18.2 Å². The quantitative estimate of drug-likeness (QED) is 0.499. The first-order valence-corrected chi connectivity index (χ1v) is 5.54. The van der Waals surface area contributed by atoms with Crippen LogP contribution in [0.5, 0.6) is 5.06 Å². The van der Waals surface area contributed by atoms with Crippen LogP contribution in [0.25, 0.3) is 10.1 Å². The van der Waals surface area contributed by atoms with Gasteiger partial charge >= 0.3 is 5.69 Å². The summed E-state index contributed by atoms with van der Waals surface area (Å²) < 4.78 is 1.64. The Morgan fingerprint density at radius 2 is 2.21 bits per heavy atom. The van der Waals surface area contributed by atoms with Crippen molar-refractivity contribution in [3.8, 4) is 5.06 Å². The van der Waals surface area contributed by atoms with Gasteiger partial charge < -0.3 is 5.11 Å². The van der Waals surface area contributed by atoms with Gasteiger partial charge in [0, 0.05) is 8.27 Å². The largest absolute Gasteiger partial charge is 0.495 e. The van der Waals surface area contributed by atoms with Crippen molar-refractivity contribution in [2.45, 2.75) is 0 Å². The number of rotatable bonds is 1. The molecule has 0 bridgehead atoms. The maximum absolute atomic E-state index is 10.7. The van der Waals surface area contributed by atoms with E-state index in [9.17, 15) is 15.2 Å². The monoisotopic (exact) mass is 321 g/mol. The summed E-state index contributed by atoms with van der Waals surface area (Å²) in [6.07, 6.45) is 0. The van der Waals surface area contributed by atoms with E-state index in [2.05, 4.69) is 22.6 Å². The van der Waals surface area contributed by atoms with E-state index in [-0.39, 0.29) is 10.8 Å². The standard InChI is InChI=1S/C8H4INO3S/c9-4-1-2-6-5(3-4)7(10(12)13)8(11)14-6/h1-3,11H. The summed E-state index contributed by atoms with van der Waals surface area (Å²) in [4.78, 5) is 10.1. The molecule has 0 saturated carbocycles. The van der Waals surface area contributed by atoms with E-state index in [4.69, 9.17) is 0 Å². The van der Waals surface area contributed by atoms with E-state index < -0.39 is 4.92 Å². The van der Waals surface area contributed by atoms with E-state index in [1.807, 2.05) is 6.07 Å². The van der Waals surface area contributed by atoms with Gasteiger partial charge in [-0.1, -0.05) is 11.3 Å². The minimum absolute atomic E-state index is 0.191. The van der Waals surface area contributed by atoms with Gasteiger partial charge in [-0.3, -0.25) is 10.1 Å². The molecule has 1 aromatic heterocycles. The van der Waals surface area contributed by atoms with Gasteiger partial charge in [-0.25, -0.2) is 0 Å². The molecular weight excluding hydrogens is 317 g/mol. The average Bonchev–Trinajstić information content (AvgIpc) is 2.40. The summed E-state index contributed by atoms with van der Waals surface area (Å²) >= 11 is 3.10. The van der Waals surface area contributed by atoms with Crippen molar-refractivity contribution >= 4 is 49.7 Å². The van der Waals surface area contributed by atoms with E-state index in [1.54, 1.807) is 12.1 Å². The lowest BCUT2D eigenvalue weighted by Gasteiger charge is -1.91. The van der Waals surface area contributed by atoms with E-state index >= 15 is 0 Å². The predicted molar refractivity (Wildman–Crippen MR) is 62.9 cm³/mol. The molecule has 0 saturated heterocycles. The lowest BCUT2D eigenvalue weighted by atomic mass is 10.2. The first kappa shape index (κ1) is 9.66. The van der Waals surface area contributed by atoms with Crippen LogP contribution in [0.2, 0.25) is 0 Å². The van der Waals surface area contributed by atoms with Gasteiger partial charge in [0.1, 0.15) is 0 Å². The molecule has 1 N–H and O–H groups in total. The van der Waals surface area contributed by atoms with Crippen molar-refractivity contribution < 1.29 is 10.0 Å². The van der Waals surface area contributed by atoms with Crippen LogP contribution in [0.3, 0.4) is 0 Å². The topological polar surface area (TPSA) is 63.4 Å². The Morgan fingerprint density at radius 1 is 1.50 bits per heavy atom. The summed E-state index contributed by atoms with van der Waals surface area (Å²) in [5.41, 5.74) is -0.191. The summed E-state index contributed by atoms with van der Waals surface area (Å²) in [5.74, 6) is 0. The second-order valence-corrected chi connectivity index (χ2v) is 4.93. The molecule has 14 heavy (non-hydrogen) atoms. The number of halogens is 1. The fourth-order valence-electron chi connectivity index (χ4n) is 1.22. The fourth-order valence-corrected chi connectivity index (χ4v) is 2.60. The van der Waals surface area contributed by atoms with Crippen molar-refractivity contribution in [1.82, 2.24) is 0 Å². The van der Waals surface area contributed by atoms with Crippen LogP contribution in [0.1, 0.15) is 0 Å². The molecule has 1 heterocycles. The van der Waals surface area contributed by atoms with Gasteiger partial charge in [0.25, 0.3) is 5.06 Å². The van der Waals surface area contributed by atoms with Gasteiger partial charge in [-0.05, 0) is 40.8 Å². The highest BCUT2D eigenvalue weighted by atomic mass is 127. The van der Waals surface area contributed by atoms with Crippen LogP contribution in [-0.4, -0.2) is 10.0 Å². The summed E-state index contributed by atoms with van der Waals surface area (Å²) in [6.45, 7) is 0. The van der Waals surface area contributed by atoms with Crippen LogP contribution in [0.4, 0.5) is 5.69 Å². The normalized spacial score (nSPS) is 10.6. The Bertz CT molecular complexity index is 523. The molecular formula is C8H4INO3S. The molecule has 0 amide bonds. The highest BCUT2D eigenvalue weighted by Gasteiger charge is 2.21. The molecule has 0 spiro atoms. The lowest BCUT2D eigenvalue weighted by molar-refractivity contribution is -0.383. The van der Waals surface area contributed by atoms with E-state index in [0.29, 0.717) is 5.39 Å². The minimum atomic E-state index is -0.551. The summed E-state index contributed by atoms with van der Waals surface area (Å²) in [7, 11) is 0. The SMILES string of the molecule is O=[N+]([O-])c1c(O)sc2ccc(I)cc12. The average molecular weight is 321 g/mol. The highest BCUT2D eigenvalue weighted by molar-refractivity contribution is 14.1. The Morgan fingerprint density at radius 3 is 2.86 bits per heavy atom. The number of fused-ring (bicyclic) bond motifs is 1. The van der Waals surface area contributed by atoms with Crippen LogP contribution in [-0.2, 0) is 0 Å². The van der Waals surface area contributed by atoms with Crippen molar-refractivity contribution in [1.29, 1.82) is 0 Å². The molecule has 0 unspecified atom stereocenters. The third-order valence-electron chi connectivity index (χ3n) is 1.79. The van der Waals surface area contributed by atoms with Crippen molar-refractivity contribution in [3.63, 3.8) is 0 Å². The molecule has 0 aliphatic rings. The Kier molecular flexibility index (Phi) is 2.31. The number of nitrogens with zero attached hydrogens (tertiary/aromatic N) is 1. The lowest BCUT2D eigenvalue weighted by Crippen LogP contribution is -1.85. The van der Waals surface area contributed by atoms with Crippen LogP contribution < -0.4 is 0 Å². The molecule has 4 nitrogen and oxygen atoms in total. The zero-order valence-corrected chi connectivity index (χ0v) is 9.70. The second kappa shape index (κ2) is 3.35. The summed E-state index contributed by atoms with van der Waals surface area (Å²) in [5, 5.41) is 20.3. The first-order valence-electron chi connectivity index (χ1n) is 3.65. The molecule has 0 aliphatic heterocycles. The number of aromatic hydroxyl groups is 1. The molecule has 0 atom stereocenters. The third-order valence-corrected chi connectivity index (χ3v) is 3.42. The van der Waals surface area contributed by atoms with Crippen LogP contribution in [0, 0.1) is 13.7 Å². The Hall–Kier alpha value is -0.890. The summed E-state index contributed by atoms with van der Waals surface area (Å²) in [6, 6.07) is 5.32. The molecule has 0 fully saturated rings. The zero-order chi connectivity index (χ0) is 10.3. The first-order chi connectivity index (χ1) is 6.59.